The molecule has 0 bridgehead atoms. The van der Waals surface area contributed by atoms with E-state index in [1.54, 1.807) is 17.2 Å². The van der Waals surface area contributed by atoms with Crippen molar-refractivity contribution in [2.45, 2.75) is 33.3 Å². The van der Waals surface area contributed by atoms with E-state index < -0.39 is 5.91 Å². The quantitative estimate of drug-likeness (QED) is 0.754. The molecular formula is C23H28N6O3. The maximum atomic E-state index is 13.5. The molecule has 4 rings (SSSR count). The molecule has 2 aromatic rings. The number of carbonyl (C=O) groups excluding carboxylic acids is 2. The van der Waals surface area contributed by atoms with Gasteiger partial charge in [-0.25, -0.2) is 9.67 Å². The Hall–Kier alpha value is -3.46. The summed E-state index contributed by atoms with van der Waals surface area (Å²) in [6, 6.07) is 1.67. The lowest BCUT2D eigenvalue weighted by atomic mass is 9.81. The van der Waals surface area contributed by atoms with Gasteiger partial charge < -0.3 is 15.7 Å². The van der Waals surface area contributed by atoms with E-state index >= 15 is 0 Å². The number of nitrogens with zero attached hydrogens (tertiary/aromatic N) is 5. The van der Waals surface area contributed by atoms with Gasteiger partial charge in [0.2, 0.25) is 0 Å². The van der Waals surface area contributed by atoms with Crippen molar-refractivity contribution >= 4 is 17.6 Å². The smallest absolute Gasteiger partial charge is 0.275 e. The number of fused-ring (bicyclic) bond motifs is 1. The van der Waals surface area contributed by atoms with Gasteiger partial charge >= 0.3 is 0 Å². The van der Waals surface area contributed by atoms with Crippen LogP contribution in [0.4, 0.5) is 5.82 Å². The molecule has 0 atom stereocenters. The number of allylic oxidation sites excluding steroid dienone is 2. The van der Waals surface area contributed by atoms with E-state index in [0.717, 1.165) is 25.0 Å². The summed E-state index contributed by atoms with van der Waals surface area (Å²) >= 11 is 0. The van der Waals surface area contributed by atoms with E-state index in [9.17, 15) is 14.7 Å². The first-order valence-electron chi connectivity index (χ1n) is 10.6. The third kappa shape index (κ3) is 4.03. The fourth-order valence-electron chi connectivity index (χ4n) is 4.34. The third-order valence-electron chi connectivity index (χ3n) is 6.04. The molecule has 1 saturated heterocycles. The van der Waals surface area contributed by atoms with E-state index in [0.29, 0.717) is 35.9 Å². The number of hydrogen-bond donors (Lipinski definition) is 2. The standard InChI is InChI=1S/C23H28N6O3/c1-15-10-19-22(32)28(9-8-27(19)7-5-23(2,3)11-15)21-17(14-30)18(4-6-25-21)29-13-16(12-26-29)20(24)31/h4,6,10,12-13,30H,1,5,7-9,11,14H2,2-3H3,(H2,24,31)/b19-10-. The van der Waals surface area contributed by atoms with Gasteiger partial charge in [-0.2, -0.15) is 5.10 Å². The molecule has 3 N–H and O–H groups in total. The van der Waals surface area contributed by atoms with Crippen molar-refractivity contribution in [3.05, 3.63) is 59.7 Å². The van der Waals surface area contributed by atoms with Crippen LogP contribution in [0.1, 0.15) is 42.6 Å². The van der Waals surface area contributed by atoms with Crippen molar-refractivity contribution in [1.82, 2.24) is 19.7 Å². The average molecular weight is 437 g/mol. The number of rotatable bonds is 4. The molecule has 2 aliphatic rings. The van der Waals surface area contributed by atoms with Crippen LogP contribution in [0.5, 0.6) is 0 Å². The molecular weight excluding hydrogens is 408 g/mol. The minimum Gasteiger partial charge on any atom is -0.391 e. The third-order valence-corrected chi connectivity index (χ3v) is 6.04. The molecule has 9 heteroatoms. The summed E-state index contributed by atoms with van der Waals surface area (Å²) in [6.45, 7) is 10.2. The van der Waals surface area contributed by atoms with Gasteiger partial charge in [0, 0.05) is 37.6 Å². The maximum absolute atomic E-state index is 13.5. The maximum Gasteiger partial charge on any atom is 0.275 e. The first kappa shape index (κ1) is 21.8. The Morgan fingerprint density at radius 1 is 1.31 bits per heavy atom. The SMILES string of the molecule is C=C1/C=C2/C(=O)N(c3nccc(-n4cc(C(N)=O)cn4)c3CO)CCN2CCC(C)(C)C1. The fraction of sp³-hybridized carbons (Fsp3) is 0.391. The molecule has 32 heavy (non-hydrogen) atoms. The molecule has 9 nitrogen and oxygen atoms in total. The molecule has 2 aromatic heterocycles. The summed E-state index contributed by atoms with van der Waals surface area (Å²) in [5.41, 5.74) is 8.20. The topological polar surface area (TPSA) is 118 Å². The van der Waals surface area contributed by atoms with Gasteiger partial charge in [0.25, 0.3) is 11.8 Å². The number of anilines is 1. The van der Waals surface area contributed by atoms with Crippen LogP contribution in [0.3, 0.4) is 0 Å². The van der Waals surface area contributed by atoms with Crippen LogP contribution in [0.15, 0.2) is 48.6 Å². The van der Waals surface area contributed by atoms with Crippen LogP contribution in [0.2, 0.25) is 0 Å². The van der Waals surface area contributed by atoms with Crippen LogP contribution >= 0.6 is 0 Å². The summed E-state index contributed by atoms with van der Waals surface area (Å²) < 4.78 is 1.45. The van der Waals surface area contributed by atoms with Crippen LogP contribution in [0.25, 0.3) is 5.69 Å². The average Bonchev–Trinajstić information content (AvgIpc) is 3.23. The van der Waals surface area contributed by atoms with E-state index in [-0.39, 0.29) is 23.5 Å². The second-order valence-corrected chi connectivity index (χ2v) is 9.05. The molecule has 0 saturated carbocycles. The molecule has 2 amide bonds. The lowest BCUT2D eigenvalue weighted by Gasteiger charge is -2.41. The van der Waals surface area contributed by atoms with Gasteiger partial charge in [0.05, 0.1) is 24.1 Å². The molecule has 0 spiro atoms. The second-order valence-electron chi connectivity index (χ2n) is 9.05. The van der Waals surface area contributed by atoms with Crippen molar-refractivity contribution < 1.29 is 14.7 Å². The van der Waals surface area contributed by atoms with Crippen molar-refractivity contribution in [2.24, 2.45) is 11.1 Å². The number of aliphatic hydroxyl groups is 1. The first-order chi connectivity index (χ1) is 15.2. The molecule has 168 valence electrons. The minimum absolute atomic E-state index is 0.132. The monoisotopic (exact) mass is 436 g/mol. The van der Waals surface area contributed by atoms with E-state index in [4.69, 9.17) is 5.73 Å². The predicted molar refractivity (Wildman–Crippen MR) is 120 cm³/mol. The van der Waals surface area contributed by atoms with Crippen molar-refractivity contribution in [3.63, 3.8) is 0 Å². The predicted octanol–water partition coefficient (Wildman–Crippen LogP) is 1.77. The number of nitrogens with two attached hydrogens (primary N) is 1. The Morgan fingerprint density at radius 3 is 2.78 bits per heavy atom. The zero-order valence-electron chi connectivity index (χ0n) is 18.4. The summed E-state index contributed by atoms with van der Waals surface area (Å²) in [7, 11) is 0. The minimum atomic E-state index is -0.595. The molecule has 2 aliphatic heterocycles. The molecule has 0 aliphatic carbocycles. The number of amides is 2. The number of piperazine rings is 1. The van der Waals surface area contributed by atoms with E-state index in [1.807, 2.05) is 6.08 Å². The van der Waals surface area contributed by atoms with Crippen LogP contribution < -0.4 is 10.6 Å². The Bertz CT molecular complexity index is 1120. The molecule has 0 radical (unpaired) electrons. The number of aliphatic hydroxyl groups excluding tert-OH is 1. The van der Waals surface area contributed by atoms with E-state index in [1.165, 1.54) is 17.1 Å². The molecule has 0 unspecified atom stereocenters. The van der Waals surface area contributed by atoms with Gasteiger partial charge in [0.15, 0.2) is 0 Å². The summed E-state index contributed by atoms with van der Waals surface area (Å²) in [5, 5.41) is 14.3. The van der Waals surface area contributed by atoms with Gasteiger partial charge in [-0.3, -0.25) is 14.5 Å². The van der Waals surface area contributed by atoms with Gasteiger partial charge in [-0.05, 0) is 30.4 Å². The highest BCUT2D eigenvalue weighted by Crippen LogP contribution is 2.35. The lowest BCUT2D eigenvalue weighted by Crippen LogP contribution is -2.50. The summed E-state index contributed by atoms with van der Waals surface area (Å²) in [6.07, 6.45) is 8.08. The van der Waals surface area contributed by atoms with E-state index in [2.05, 4.69) is 35.4 Å². The number of hydrogen-bond acceptors (Lipinski definition) is 6. The Balaban J connectivity index is 1.71. The van der Waals surface area contributed by atoms with Crippen molar-refractivity contribution in [2.75, 3.05) is 24.5 Å². The fourth-order valence-corrected chi connectivity index (χ4v) is 4.34. The van der Waals surface area contributed by atoms with Crippen LogP contribution in [-0.4, -0.2) is 56.2 Å². The lowest BCUT2D eigenvalue weighted by molar-refractivity contribution is -0.118. The van der Waals surface area contributed by atoms with Crippen LogP contribution in [0, 0.1) is 5.41 Å². The van der Waals surface area contributed by atoms with Gasteiger partial charge in [-0.15, -0.1) is 0 Å². The normalized spacial score (nSPS) is 20.3. The molecule has 1 fully saturated rings. The number of primary amides is 1. The highest BCUT2D eigenvalue weighted by molar-refractivity contribution is 6.06. The largest absolute Gasteiger partial charge is 0.391 e. The number of pyridine rings is 1. The zero-order chi connectivity index (χ0) is 23.0. The molecule has 4 heterocycles. The number of aromatic nitrogens is 3. The van der Waals surface area contributed by atoms with Crippen LogP contribution in [-0.2, 0) is 11.4 Å². The highest BCUT2D eigenvalue weighted by Gasteiger charge is 2.35. The Labute approximate surface area is 186 Å². The van der Waals surface area contributed by atoms with Crippen molar-refractivity contribution in [1.29, 1.82) is 0 Å². The zero-order valence-corrected chi connectivity index (χ0v) is 18.4. The summed E-state index contributed by atoms with van der Waals surface area (Å²) in [4.78, 5) is 33.1. The second kappa shape index (κ2) is 8.23. The first-order valence-corrected chi connectivity index (χ1v) is 10.6. The highest BCUT2D eigenvalue weighted by atomic mass is 16.3. The molecule has 0 aromatic carbocycles. The Morgan fingerprint density at radius 2 is 2.09 bits per heavy atom. The Kier molecular flexibility index (Phi) is 5.60. The van der Waals surface area contributed by atoms with Gasteiger partial charge in [-0.1, -0.05) is 26.0 Å². The van der Waals surface area contributed by atoms with Crippen molar-refractivity contribution in [3.8, 4) is 5.69 Å². The van der Waals surface area contributed by atoms with Gasteiger partial charge in [0.1, 0.15) is 11.5 Å². The summed E-state index contributed by atoms with van der Waals surface area (Å²) in [5.74, 6) is -0.392. The number of carbonyl (C=O) groups is 2.